The van der Waals surface area contributed by atoms with Crippen LogP contribution in [0.4, 0.5) is 9.59 Å². The minimum absolute atomic E-state index is 0.136. The van der Waals surface area contributed by atoms with Gasteiger partial charge in [-0.05, 0) is 76.1 Å². The predicted octanol–water partition coefficient (Wildman–Crippen LogP) is 5.95. The number of rotatable bonds is 5. The maximum Gasteiger partial charge on any atom is 0.417 e. The first-order valence-corrected chi connectivity index (χ1v) is 13.3. The Morgan fingerprint density at radius 1 is 1.08 bits per heavy atom. The van der Waals surface area contributed by atoms with Crippen molar-refractivity contribution >= 4 is 29.7 Å². The lowest BCUT2D eigenvalue weighted by molar-refractivity contribution is -0.132. The van der Waals surface area contributed by atoms with Gasteiger partial charge in [-0.2, -0.15) is 0 Å². The van der Waals surface area contributed by atoms with E-state index in [1.54, 1.807) is 17.0 Å². The predicted molar refractivity (Wildman–Crippen MR) is 139 cm³/mol. The van der Waals surface area contributed by atoms with Crippen molar-refractivity contribution in [3.63, 3.8) is 0 Å². The zero-order valence-corrected chi connectivity index (χ0v) is 22.2. The molecule has 0 radical (unpaired) electrons. The summed E-state index contributed by atoms with van der Waals surface area (Å²) in [5.41, 5.74) is 0.774. The van der Waals surface area contributed by atoms with Crippen molar-refractivity contribution in [3.05, 3.63) is 70.7 Å². The Balaban J connectivity index is 1.51. The van der Waals surface area contributed by atoms with Crippen molar-refractivity contribution in [3.8, 4) is 0 Å². The molecule has 7 nitrogen and oxygen atoms in total. The highest BCUT2D eigenvalue weighted by Gasteiger charge is 2.60. The van der Waals surface area contributed by atoms with Gasteiger partial charge in [0.25, 0.3) is 0 Å². The molecule has 1 spiro atoms. The van der Waals surface area contributed by atoms with Gasteiger partial charge in [0.05, 0.1) is 18.0 Å². The number of nitrogens with zero attached hydrogens (tertiary/aromatic N) is 2. The van der Waals surface area contributed by atoms with Crippen LogP contribution in [0.1, 0.15) is 63.5 Å². The van der Waals surface area contributed by atoms with E-state index in [1.807, 2.05) is 63.2 Å². The number of carbonyl (C=O) groups is 3. The third-order valence-corrected chi connectivity index (χ3v) is 7.81. The van der Waals surface area contributed by atoms with Gasteiger partial charge in [-0.3, -0.25) is 9.69 Å². The van der Waals surface area contributed by atoms with Crippen molar-refractivity contribution in [1.82, 2.24) is 9.80 Å². The quantitative estimate of drug-likeness (QED) is 0.483. The summed E-state index contributed by atoms with van der Waals surface area (Å²) >= 11 is 6.17. The molecule has 0 N–H and O–H groups in total. The Bertz CT molecular complexity index is 1170. The first kappa shape index (κ1) is 25.6. The van der Waals surface area contributed by atoms with Crippen LogP contribution >= 0.6 is 11.6 Å². The average molecular weight is 525 g/mol. The molecule has 2 heterocycles. The molecule has 37 heavy (non-hydrogen) atoms. The summed E-state index contributed by atoms with van der Waals surface area (Å²) in [7, 11) is 0. The summed E-state index contributed by atoms with van der Waals surface area (Å²) in [4.78, 5) is 43.8. The smallest absolute Gasteiger partial charge is 0.417 e. The molecule has 2 aromatic rings. The molecule has 2 unspecified atom stereocenters. The molecule has 2 saturated heterocycles. The lowest BCUT2D eigenvalue weighted by atomic mass is 9.88. The van der Waals surface area contributed by atoms with Crippen molar-refractivity contribution in [2.45, 2.75) is 82.0 Å². The Hall–Kier alpha value is -3.06. The topological polar surface area (TPSA) is 76.2 Å². The van der Waals surface area contributed by atoms with Gasteiger partial charge in [-0.15, -0.1) is 0 Å². The molecular weight excluding hydrogens is 492 g/mol. The van der Waals surface area contributed by atoms with Gasteiger partial charge < -0.3 is 9.47 Å². The largest absolute Gasteiger partial charge is 0.447 e. The monoisotopic (exact) mass is 524 g/mol. The van der Waals surface area contributed by atoms with Gasteiger partial charge in [0.1, 0.15) is 12.2 Å². The second kappa shape index (κ2) is 9.67. The molecule has 5 rings (SSSR count). The van der Waals surface area contributed by atoms with E-state index in [-0.39, 0.29) is 18.1 Å². The average Bonchev–Trinajstić information content (AvgIpc) is 3.38. The Morgan fingerprint density at radius 3 is 2.38 bits per heavy atom. The third-order valence-electron chi connectivity index (χ3n) is 7.56. The maximum atomic E-state index is 14.3. The van der Waals surface area contributed by atoms with Crippen LogP contribution < -0.4 is 0 Å². The van der Waals surface area contributed by atoms with Crippen LogP contribution in [0.2, 0.25) is 5.02 Å². The van der Waals surface area contributed by atoms with E-state index in [9.17, 15) is 14.4 Å². The summed E-state index contributed by atoms with van der Waals surface area (Å²) in [6, 6.07) is 16.0. The van der Waals surface area contributed by atoms with Crippen LogP contribution in [-0.2, 0) is 20.7 Å². The van der Waals surface area contributed by atoms with E-state index in [4.69, 9.17) is 21.1 Å². The molecule has 3 fully saturated rings. The lowest BCUT2D eigenvalue weighted by Crippen LogP contribution is -2.52. The van der Waals surface area contributed by atoms with Crippen LogP contribution in [0.3, 0.4) is 0 Å². The molecule has 3 aliphatic rings. The fourth-order valence-electron chi connectivity index (χ4n) is 5.73. The van der Waals surface area contributed by atoms with Crippen LogP contribution in [0.5, 0.6) is 0 Å². The maximum absolute atomic E-state index is 14.3. The van der Waals surface area contributed by atoms with Crippen LogP contribution in [-0.4, -0.2) is 57.7 Å². The molecule has 3 amide bonds. The first-order valence-electron chi connectivity index (χ1n) is 12.9. The molecular formula is C29H33ClN2O5. The molecule has 0 aromatic heterocycles. The highest BCUT2D eigenvalue weighted by Crippen LogP contribution is 2.55. The normalized spacial score (nSPS) is 23.2. The summed E-state index contributed by atoms with van der Waals surface area (Å²) in [6.07, 6.45) is 2.64. The summed E-state index contributed by atoms with van der Waals surface area (Å²) in [5, 5.41) is 0.548. The number of halogens is 1. The third kappa shape index (κ3) is 5.19. The van der Waals surface area contributed by atoms with Gasteiger partial charge >= 0.3 is 12.2 Å². The van der Waals surface area contributed by atoms with E-state index in [0.29, 0.717) is 23.4 Å². The Morgan fingerprint density at radius 2 is 1.76 bits per heavy atom. The SMILES string of the molecule is CC(C)(C)OC(=O)N1C([C@@H](C(=O)N2C(=O)OCC2Cc2ccccc2)c2ccc(Cl)cc2)CCC12CC2. The van der Waals surface area contributed by atoms with E-state index < -0.39 is 35.8 Å². The zero-order valence-electron chi connectivity index (χ0n) is 21.5. The van der Waals surface area contributed by atoms with E-state index in [1.165, 1.54) is 4.90 Å². The minimum atomic E-state index is -0.756. The van der Waals surface area contributed by atoms with Crippen LogP contribution in [0.25, 0.3) is 0 Å². The lowest BCUT2D eigenvalue weighted by Gasteiger charge is -2.37. The first-order chi connectivity index (χ1) is 17.6. The molecule has 196 valence electrons. The number of amides is 3. The molecule has 1 aliphatic carbocycles. The van der Waals surface area contributed by atoms with Crippen LogP contribution in [0, 0.1) is 0 Å². The summed E-state index contributed by atoms with van der Waals surface area (Å²) in [5.74, 6) is -1.12. The molecule has 1 saturated carbocycles. The number of ether oxygens (including phenoxy) is 2. The molecule has 2 aromatic carbocycles. The second-order valence-electron chi connectivity index (χ2n) is 11.3. The van der Waals surface area contributed by atoms with Crippen molar-refractivity contribution in [2.24, 2.45) is 0 Å². The molecule has 0 bridgehead atoms. The number of carbonyl (C=O) groups excluding carboxylic acids is 3. The summed E-state index contributed by atoms with van der Waals surface area (Å²) < 4.78 is 11.2. The molecule has 8 heteroatoms. The number of likely N-dealkylation sites (tertiary alicyclic amines) is 1. The van der Waals surface area contributed by atoms with Gasteiger partial charge in [0.15, 0.2) is 0 Å². The second-order valence-corrected chi connectivity index (χ2v) is 11.8. The van der Waals surface area contributed by atoms with Crippen molar-refractivity contribution in [2.75, 3.05) is 6.61 Å². The van der Waals surface area contributed by atoms with E-state index in [0.717, 1.165) is 24.8 Å². The minimum Gasteiger partial charge on any atom is -0.447 e. The number of imide groups is 1. The standard InChI is InChI=1S/C29H33ClN2O5/c1-28(2,3)37-27(35)32-23(13-14-29(32)15-16-29)24(20-9-11-21(30)12-10-20)25(33)31-22(18-36-26(31)34)17-19-7-5-4-6-8-19/h4-12,22-24H,13-18H2,1-3H3/t22?,23?,24-/m0/s1. The van der Waals surface area contributed by atoms with Gasteiger partial charge in [-0.25, -0.2) is 14.5 Å². The van der Waals surface area contributed by atoms with Gasteiger partial charge in [0.2, 0.25) is 5.91 Å². The van der Waals surface area contributed by atoms with E-state index in [2.05, 4.69) is 0 Å². The number of hydrogen-bond donors (Lipinski definition) is 0. The van der Waals surface area contributed by atoms with Crippen molar-refractivity contribution in [1.29, 1.82) is 0 Å². The Kier molecular flexibility index (Phi) is 6.69. The highest BCUT2D eigenvalue weighted by molar-refractivity contribution is 6.30. The highest BCUT2D eigenvalue weighted by atomic mass is 35.5. The van der Waals surface area contributed by atoms with Crippen LogP contribution in [0.15, 0.2) is 54.6 Å². The fourth-order valence-corrected chi connectivity index (χ4v) is 5.85. The zero-order chi connectivity index (χ0) is 26.4. The van der Waals surface area contributed by atoms with E-state index >= 15 is 0 Å². The fraction of sp³-hybridized carbons (Fsp3) is 0.483. The Labute approximate surface area is 222 Å². The van der Waals surface area contributed by atoms with Gasteiger partial charge in [-0.1, -0.05) is 54.1 Å². The number of cyclic esters (lactones) is 1. The molecule has 3 atom stereocenters. The molecule has 2 aliphatic heterocycles. The number of benzene rings is 2. The number of hydrogen-bond acceptors (Lipinski definition) is 5. The van der Waals surface area contributed by atoms with Gasteiger partial charge in [0, 0.05) is 10.6 Å². The summed E-state index contributed by atoms with van der Waals surface area (Å²) in [6.45, 7) is 5.65. The van der Waals surface area contributed by atoms with Crippen molar-refractivity contribution < 1.29 is 23.9 Å².